The van der Waals surface area contributed by atoms with E-state index in [1.54, 1.807) is 36.1 Å². The summed E-state index contributed by atoms with van der Waals surface area (Å²) >= 11 is 1.50. The van der Waals surface area contributed by atoms with Crippen molar-refractivity contribution >= 4 is 35.0 Å². The number of aromatic nitrogens is 2. The summed E-state index contributed by atoms with van der Waals surface area (Å²) in [5.41, 5.74) is 1.39. The van der Waals surface area contributed by atoms with Gasteiger partial charge >= 0.3 is 5.97 Å². The van der Waals surface area contributed by atoms with Crippen LogP contribution in [-0.2, 0) is 9.53 Å². The maximum absolute atomic E-state index is 13.4. The van der Waals surface area contributed by atoms with Gasteiger partial charge in [0.05, 0.1) is 22.7 Å². The number of rotatable bonds is 7. The third kappa shape index (κ3) is 4.55. The Labute approximate surface area is 217 Å². The van der Waals surface area contributed by atoms with Gasteiger partial charge in [-0.1, -0.05) is 24.2 Å². The van der Waals surface area contributed by atoms with E-state index in [-0.39, 0.29) is 24.1 Å². The summed E-state index contributed by atoms with van der Waals surface area (Å²) in [5.74, 6) is -1.02. The average molecular weight is 523 g/mol. The fourth-order valence-corrected chi connectivity index (χ4v) is 5.78. The summed E-state index contributed by atoms with van der Waals surface area (Å²) in [4.78, 5) is 58.6. The predicted octanol–water partition coefficient (Wildman–Crippen LogP) is 3.76. The van der Waals surface area contributed by atoms with Crippen molar-refractivity contribution in [1.29, 1.82) is 0 Å². The molecule has 5 rings (SSSR count). The van der Waals surface area contributed by atoms with E-state index in [9.17, 15) is 19.2 Å². The molecular formula is C26H26N4O6S. The number of carbonyl (C=O) groups is 4. The molecule has 2 aliphatic rings. The summed E-state index contributed by atoms with van der Waals surface area (Å²) in [5, 5.41) is 6.54. The third-order valence-electron chi connectivity index (χ3n) is 6.73. The molecule has 1 saturated heterocycles. The highest BCUT2D eigenvalue weighted by Gasteiger charge is 2.43. The van der Waals surface area contributed by atoms with Crippen molar-refractivity contribution in [1.82, 2.24) is 19.9 Å². The number of hydrogen-bond acceptors (Lipinski definition) is 9. The number of nitrogens with zero attached hydrogens (tertiary/aromatic N) is 4. The first-order valence-electron chi connectivity index (χ1n) is 12.3. The van der Waals surface area contributed by atoms with Gasteiger partial charge in [0.15, 0.2) is 11.5 Å². The molecule has 1 fully saturated rings. The van der Waals surface area contributed by atoms with Crippen LogP contribution in [0.1, 0.15) is 75.2 Å². The van der Waals surface area contributed by atoms with Crippen LogP contribution < -0.4 is 0 Å². The Bertz CT molecular complexity index is 1320. The molecule has 3 aromatic rings. The maximum atomic E-state index is 13.4. The first-order chi connectivity index (χ1) is 17.9. The molecule has 1 unspecified atom stereocenters. The van der Waals surface area contributed by atoms with Crippen LogP contribution in [0.25, 0.3) is 11.5 Å². The van der Waals surface area contributed by atoms with Gasteiger partial charge in [0.25, 0.3) is 11.8 Å². The zero-order chi connectivity index (χ0) is 26.1. The minimum absolute atomic E-state index is 0.0989. The van der Waals surface area contributed by atoms with E-state index in [0.29, 0.717) is 54.9 Å². The van der Waals surface area contributed by atoms with Crippen molar-refractivity contribution in [3.63, 3.8) is 0 Å². The van der Waals surface area contributed by atoms with Gasteiger partial charge in [-0.2, -0.15) is 0 Å². The number of carbonyl (C=O) groups excluding carboxylic acids is 4. The Hall–Kier alpha value is -3.86. The van der Waals surface area contributed by atoms with E-state index in [2.05, 4.69) is 10.1 Å². The molecule has 0 spiro atoms. The van der Waals surface area contributed by atoms with E-state index in [4.69, 9.17) is 9.26 Å². The molecule has 1 aromatic carbocycles. The van der Waals surface area contributed by atoms with Crippen LogP contribution in [0.3, 0.4) is 0 Å². The van der Waals surface area contributed by atoms with Crippen LogP contribution in [0.4, 0.5) is 0 Å². The number of thiazole rings is 1. The molecule has 10 nitrogen and oxygen atoms in total. The summed E-state index contributed by atoms with van der Waals surface area (Å²) in [6, 6.07) is 7.37. The third-order valence-corrected chi connectivity index (χ3v) is 7.74. The summed E-state index contributed by atoms with van der Waals surface area (Å²) in [6.07, 6.45) is 1.77. The second kappa shape index (κ2) is 10.3. The molecule has 0 radical (unpaired) electrons. The largest absolute Gasteiger partial charge is 0.461 e. The highest BCUT2D eigenvalue weighted by atomic mass is 32.1. The molecule has 0 saturated carbocycles. The van der Waals surface area contributed by atoms with Gasteiger partial charge in [-0.3, -0.25) is 19.3 Å². The minimum Gasteiger partial charge on any atom is -0.461 e. The van der Waals surface area contributed by atoms with Gasteiger partial charge in [0.2, 0.25) is 5.91 Å². The number of likely N-dealkylation sites (tertiary alicyclic amines) is 1. The van der Waals surface area contributed by atoms with Gasteiger partial charge in [-0.05, 0) is 38.3 Å². The van der Waals surface area contributed by atoms with E-state index in [1.165, 1.54) is 17.4 Å². The quantitative estimate of drug-likeness (QED) is 0.340. The van der Waals surface area contributed by atoms with Crippen LogP contribution in [0, 0.1) is 0 Å². The smallest absolute Gasteiger partial charge is 0.360 e. The Morgan fingerprint density at radius 1 is 1.14 bits per heavy atom. The van der Waals surface area contributed by atoms with Gasteiger partial charge in [0.1, 0.15) is 11.7 Å². The second-order valence-electron chi connectivity index (χ2n) is 8.92. The van der Waals surface area contributed by atoms with Crippen LogP contribution in [0.2, 0.25) is 0 Å². The van der Waals surface area contributed by atoms with Gasteiger partial charge in [-0.25, -0.2) is 9.78 Å². The Kier molecular flexibility index (Phi) is 6.88. The fourth-order valence-electron chi connectivity index (χ4n) is 4.80. The minimum atomic E-state index is -0.824. The van der Waals surface area contributed by atoms with E-state index in [0.717, 1.165) is 9.91 Å². The molecule has 0 bridgehead atoms. The molecular weight excluding hydrogens is 496 g/mol. The fraction of sp³-hybridized carbons (Fsp3) is 0.385. The van der Waals surface area contributed by atoms with Crippen LogP contribution >= 0.6 is 11.3 Å². The molecule has 0 N–H and O–H groups in total. The SMILES string of the molecule is CCOC(=O)c1cc(-c2csc(C3CCN(C(=O)C(CC)N4C(=O)c5ccccc5C4=O)CC3)n2)on1. The number of ether oxygens (including phenoxy) is 1. The Morgan fingerprint density at radius 2 is 1.81 bits per heavy atom. The zero-order valence-electron chi connectivity index (χ0n) is 20.5. The summed E-state index contributed by atoms with van der Waals surface area (Å²) in [7, 11) is 0. The molecule has 3 amide bonds. The molecule has 0 aliphatic carbocycles. The lowest BCUT2D eigenvalue weighted by molar-refractivity contribution is -0.136. The summed E-state index contributed by atoms with van der Waals surface area (Å²) in [6.45, 7) is 4.80. The molecule has 1 atom stereocenters. The highest BCUT2D eigenvalue weighted by Crippen LogP contribution is 2.34. The lowest BCUT2D eigenvalue weighted by atomic mass is 9.96. The zero-order valence-corrected chi connectivity index (χ0v) is 21.3. The topological polar surface area (TPSA) is 123 Å². The second-order valence-corrected chi connectivity index (χ2v) is 9.81. The monoisotopic (exact) mass is 522 g/mol. The molecule has 2 aliphatic heterocycles. The van der Waals surface area contributed by atoms with E-state index in [1.807, 2.05) is 12.3 Å². The highest BCUT2D eigenvalue weighted by molar-refractivity contribution is 7.10. The van der Waals surface area contributed by atoms with Gasteiger partial charge in [0, 0.05) is 30.5 Å². The number of hydrogen-bond donors (Lipinski definition) is 0. The number of piperidine rings is 1. The normalized spacial score (nSPS) is 16.7. The van der Waals surface area contributed by atoms with Crippen LogP contribution in [0.15, 0.2) is 40.2 Å². The molecule has 4 heterocycles. The van der Waals surface area contributed by atoms with Crippen molar-refractivity contribution in [2.24, 2.45) is 0 Å². The van der Waals surface area contributed by atoms with Gasteiger partial charge < -0.3 is 14.2 Å². The summed E-state index contributed by atoms with van der Waals surface area (Å²) < 4.78 is 10.2. The van der Waals surface area contributed by atoms with Crippen molar-refractivity contribution < 1.29 is 28.4 Å². The lowest BCUT2D eigenvalue weighted by Gasteiger charge is -2.35. The molecule has 37 heavy (non-hydrogen) atoms. The van der Waals surface area contributed by atoms with Crippen molar-refractivity contribution in [3.05, 3.63) is 57.5 Å². The van der Waals surface area contributed by atoms with Crippen molar-refractivity contribution in [2.75, 3.05) is 19.7 Å². The Morgan fingerprint density at radius 3 is 2.43 bits per heavy atom. The van der Waals surface area contributed by atoms with Crippen molar-refractivity contribution in [2.45, 2.75) is 45.1 Å². The van der Waals surface area contributed by atoms with Crippen LogP contribution in [-0.4, -0.2) is 69.4 Å². The predicted molar refractivity (Wildman–Crippen MR) is 133 cm³/mol. The number of amides is 3. The van der Waals surface area contributed by atoms with Gasteiger partial charge in [-0.15, -0.1) is 11.3 Å². The number of imide groups is 1. The number of benzene rings is 1. The first kappa shape index (κ1) is 24.8. The molecule has 192 valence electrons. The Balaban J connectivity index is 1.22. The lowest BCUT2D eigenvalue weighted by Crippen LogP contribution is -2.52. The molecule has 11 heteroatoms. The van der Waals surface area contributed by atoms with E-state index >= 15 is 0 Å². The van der Waals surface area contributed by atoms with E-state index < -0.39 is 23.8 Å². The number of esters is 1. The first-order valence-corrected chi connectivity index (χ1v) is 13.2. The molecule has 2 aromatic heterocycles. The van der Waals surface area contributed by atoms with Crippen molar-refractivity contribution in [3.8, 4) is 11.5 Å². The maximum Gasteiger partial charge on any atom is 0.360 e. The standard InChI is InChI=1S/C26H26N4O6S/c1-3-20(30-23(31)16-7-5-6-8-17(16)24(30)32)25(33)29-11-9-15(10-12-29)22-27-19(14-37-22)21-13-18(28-36-21)26(34)35-4-2/h5-8,13-15,20H,3-4,9-12H2,1-2H3. The van der Waals surface area contributed by atoms with Crippen LogP contribution in [0.5, 0.6) is 0 Å². The average Bonchev–Trinajstić information content (AvgIpc) is 3.65. The number of fused-ring (bicyclic) bond motifs is 1.